The zero-order chi connectivity index (χ0) is 24.0. The number of rotatable bonds is 6. The van der Waals surface area contributed by atoms with Crippen molar-refractivity contribution in [1.82, 2.24) is 19.9 Å². The Bertz CT molecular complexity index is 1300. The van der Waals surface area contributed by atoms with E-state index in [0.717, 1.165) is 48.1 Å². The lowest BCUT2D eigenvalue weighted by Gasteiger charge is -2.33. The zero-order valence-electron chi connectivity index (χ0n) is 20.3. The number of fused-ring (bicyclic) bond motifs is 5. The first-order chi connectivity index (χ1) is 16.2. The van der Waals surface area contributed by atoms with Gasteiger partial charge in [-0.05, 0) is 44.6 Å². The molecule has 0 unspecified atom stereocenters. The van der Waals surface area contributed by atoms with Crippen LogP contribution < -0.4 is 10.9 Å². The van der Waals surface area contributed by atoms with Crippen LogP contribution in [0.4, 0.5) is 0 Å². The summed E-state index contributed by atoms with van der Waals surface area (Å²) in [5.41, 5.74) is 3.43. The van der Waals surface area contributed by atoms with Crippen molar-refractivity contribution in [2.75, 3.05) is 13.2 Å². The topological polar surface area (TPSA) is 108 Å². The van der Waals surface area contributed by atoms with Crippen molar-refractivity contribution < 1.29 is 18.7 Å². The monoisotopic (exact) mass is 468 g/mol. The normalized spacial score (nSPS) is 19.7. The molecule has 0 aromatic carbocycles. The number of carbonyl (C=O) groups is 1. The van der Waals surface area contributed by atoms with Crippen molar-refractivity contribution in [1.29, 1.82) is 0 Å². The van der Waals surface area contributed by atoms with E-state index in [1.54, 1.807) is 0 Å². The molecule has 2 aliphatic rings. The second-order valence-corrected chi connectivity index (χ2v) is 10.4. The van der Waals surface area contributed by atoms with Crippen molar-refractivity contribution >= 4 is 28.1 Å². The SMILES string of the molecule is CC(C)Cc1nc2oc3c(=O)n(CC(=O)NC[C@H]4CCCO4)cnc3c2c2c1COC(C)(C)C2. The first-order valence-corrected chi connectivity index (χ1v) is 12.1. The maximum absolute atomic E-state index is 13.2. The molecule has 0 radical (unpaired) electrons. The van der Waals surface area contributed by atoms with Gasteiger partial charge in [-0.15, -0.1) is 0 Å². The van der Waals surface area contributed by atoms with Gasteiger partial charge in [-0.3, -0.25) is 14.2 Å². The lowest BCUT2D eigenvalue weighted by atomic mass is 9.88. The highest BCUT2D eigenvalue weighted by molar-refractivity contribution is 6.03. The van der Waals surface area contributed by atoms with Gasteiger partial charge in [0.2, 0.25) is 17.2 Å². The van der Waals surface area contributed by atoms with Crippen molar-refractivity contribution in [2.45, 2.75) is 78.2 Å². The quantitative estimate of drug-likeness (QED) is 0.592. The average Bonchev–Trinajstić information content (AvgIpc) is 3.41. The predicted octanol–water partition coefficient (Wildman–Crippen LogP) is 2.88. The molecule has 1 fully saturated rings. The first-order valence-electron chi connectivity index (χ1n) is 12.1. The Morgan fingerprint density at radius 2 is 2.15 bits per heavy atom. The van der Waals surface area contributed by atoms with Gasteiger partial charge in [-0.1, -0.05) is 13.8 Å². The minimum absolute atomic E-state index is 0.0437. The third-order valence-corrected chi connectivity index (χ3v) is 6.57. The molecule has 182 valence electrons. The number of aromatic nitrogens is 3. The van der Waals surface area contributed by atoms with Crippen LogP contribution in [0.25, 0.3) is 22.2 Å². The Morgan fingerprint density at radius 1 is 1.32 bits per heavy atom. The summed E-state index contributed by atoms with van der Waals surface area (Å²) in [5, 5.41) is 3.62. The van der Waals surface area contributed by atoms with Gasteiger partial charge in [-0.2, -0.15) is 0 Å². The van der Waals surface area contributed by atoms with Crippen LogP contribution >= 0.6 is 0 Å². The number of nitrogens with one attached hydrogen (secondary N) is 1. The largest absolute Gasteiger partial charge is 0.430 e. The molecule has 3 aromatic heterocycles. The molecule has 0 saturated carbocycles. The van der Waals surface area contributed by atoms with Crippen molar-refractivity contribution in [3.63, 3.8) is 0 Å². The molecule has 34 heavy (non-hydrogen) atoms. The summed E-state index contributed by atoms with van der Waals surface area (Å²) in [6.07, 6.45) is 4.88. The van der Waals surface area contributed by atoms with E-state index < -0.39 is 0 Å². The second-order valence-electron chi connectivity index (χ2n) is 10.4. The van der Waals surface area contributed by atoms with Crippen molar-refractivity contribution in [3.05, 3.63) is 33.5 Å². The van der Waals surface area contributed by atoms with E-state index in [9.17, 15) is 9.59 Å². The Kier molecular flexibility index (Phi) is 5.93. The lowest BCUT2D eigenvalue weighted by Crippen LogP contribution is -2.36. The van der Waals surface area contributed by atoms with Crippen molar-refractivity contribution in [3.8, 4) is 0 Å². The van der Waals surface area contributed by atoms with Crippen LogP contribution in [0, 0.1) is 5.92 Å². The van der Waals surface area contributed by atoms with E-state index in [2.05, 4.69) is 38.0 Å². The molecule has 1 amide bonds. The van der Waals surface area contributed by atoms with Crippen LogP contribution in [0.1, 0.15) is 57.4 Å². The first kappa shape index (κ1) is 23.0. The third-order valence-electron chi connectivity index (χ3n) is 6.57. The van der Waals surface area contributed by atoms with Gasteiger partial charge in [0, 0.05) is 25.1 Å². The molecule has 5 heterocycles. The van der Waals surface area contributed by atoms with Crippen LogP contribution in [0.3, 0.4) is 0 Å². The summed E-state index contributed by atoms with van der Waals surface area (Å²) in [6.45, 7) is 9.93. The van der Waals surface area contributed by atoms with Crippen LogP contribution in [0.15, 0.2) is 15.5 Å². The summed E-state index contributed by atoms with van der Waals surface area (Å²) >= 11 is 0. The van der Waals surface area contributed by atoms with E-state index >= 15 is 0 Å². The predicted molar refractivity (Wildman–Crippen MR) is 127 cm³/mol. The number of hydrogen-bond acceptors (Lipinski definition) is 7. The maximum Gasteiger partial charge on any atom is 0.297 e. The number of ether oxygens (including phenoxy) is 2. The number of amides is 1. The molecule has 0 spiro atoms. The van der Waals surface area contributed by atoms with E-state index in [-0.39, 0.29) is 35.3 Å². The highest BCUT2D eigenvalue weighted by atomic mass is 16.5. The van der Waals surface area contributed by atoms with Gasteiger partial charge in [0.15, 0.2) is 0 Å². The lowest BCUT2D eigenvalue weighted by molar-refractivity contribution is -0.122. The molecule has 1 saturated heterocycles. The molecule has 9 heteroatoms. The minimum Gasteiger partial charge on any atom is -0.430 e. The Morgan fingerprint density at radius 3 is 2.88 bits per heavy atom. The molecule has 2 aliphatic heterocycles. The standard InChI is InChI=1S/C25H32N4O5/c1-14(2)8-18-17-12-33-25(3,4)9-16(17)20-21-22(34-23(20)28-18)24(31)29(13-27-21)11-19(30)26-10-15-6-5-7-32-15/h13-15H,5-12H2,1-4H3,(H,26,30)/t15-/m1/s1. The van der Waals surface area contributed by atoms with Crippen LogP contribution in [0.5, 0.6) is 0 Å². The number of carbonyl (C=O) groups excluding carboxylic acids is 1. The summed E-state index contributed by atoms with van der Waals surface area (Å²) in [5.74, 6) is 0.153. The van der Waals surface area contributed by atoms with Crippen LogP contribution in [0.2, 0.25) is 0 Å². The number of nitrogens with zero attached hydrogens (tertiary/aromatic N) is 3. The summed E-state index contributed by atoms with van der Waals surface area (Å²) < 4.78 is 18.9. The Labute approximate surface area is 197 Å². The summed E-state index contributed by atoms with van der Waals surface area (Å²) in [7, 11) is 0. The Hall–Kier alpha value is -2.78. The van der Waals surface area contributed by atoms with Gasteiger partial charge < -0.3 is 19.2 Å². The highest BCUT2D eigenvalue weighted by Gasteiger charge is 2.32. The van der Waals surface area contributed by atoms with Gasteiger partial charge in [0.1, 0.15) is 12.1 Å². The molecule has 3 aromatic rings. The fourth-order valence-electron chi connectivity index (χ4n) is 4.88. The van der Waals surface area contributed by atoms with E-state index in [0.29, 0.717) is 36.7 Å². The van der Waals surface area contributed by atoms with Gasteiger partial charge in [-0.25, -0.2) is 9.97 Å². The molecule has 0 bridgehead atoms. The van der Waals surface area contributed by atoms with Gasteiger partial charge in [0.05, 0.1) is 35.7 Å². The summed E-state index contributed by atoms with van der Waals surface area (Å²) in [4.78, 5) is 35.0. The van der Waals surface area contributed by atoms with Crippen LogP contribution in [-0.4, -0.2) is 45.3 Å². The Balaban J connectivity index is 1.52. The highest BCUT2D eigenvalue weighted by Crippen LogP contribution is 2.38. The number of hydrogen-bond donors (Lipinski definition) is 1. The van der Waals surface area contributed by atoms with Crippen molar-refractivity contribution in [2.24, 2.45) is 5.92 Å². The third kappa shape index (κ3) is 4.34. The van der Waals surface area contributed by atoms with E-state index in [1.807, 2.05) is 0 Å². The fourth-order valence-corrected chi connectivity index (χ4v) is 4.88. The van der Waals surface area contributed by atoms with E-state index in [4.69, 9.17) is 18.9 Å². The minimum atomic E-state index is -0.388. The smallest absolute Gasteiger partial charge is 0.297 e. The van der Waals surface area contributed by atoms with Gasteiger partial charge >= 0.3 is 0 Å². The molecular formula is C25H32N4O5. The molecule has 1 N–H and O–H groups in total. The molecule has 9 nitrogen and oxygen atoms in total. The van der Waals surface area contributed by atoms with Crippen LogP contribution in [-0.2, 0) is 40.3 Å². The fraction of sp³-hybridized carbons (Fsp3) is 0.600. The average molecular weight is 469 g/mol. The molecular weight excluding hydrogens is 436 g/mol. The number of pyridine rings is 1. The zero-order valence-corrected chi connectivity index (χ0v) is 20.3. The summed E-state index contributed by atoms with van der Waals surface area (Å²) in [6, 6.07) is 0. The number of furan rings is 1. The van der Waals surface area contributed by atoms with Gasteiger partial charge in [0.25, 0.3) is 5.56 Å². The molecule has 1 atom stereocenters. The molecule has 5 rings (SSSR count). The van der Waals surface area contributed by atoms with E-state index in [1.165, 1.54) is 10.9 Å². The maximum atomic E-state index is 13.2. The second kappa shape index (κ2) is 8.78. The molecule has 0 aliphatic carbocycles.